The first-order chi connectivity index (χ1) is 9.75. The summed E-state index contributed by atoms with van der Waals surface area (Å²) < 4.78 is 16.6. The van der Waals surface area contributed by atoms with E-state index in [0.29, 0.717) is 30.8 Å². The predicted molar refractivity (Wildman–Crippen MR) is 82.1 cm³/mol. The molecule has 0 bridgehead atoms. The minimum Gasteiger partial charge on any atom is -0.385 e. The maximum atomic E-state index is 6.06. The SMILES string of the molecule is CCNC1CC(OCCOCCCOC)C1(CC)CC. The van der Waals surface area contributed by atoms with Gasteiger partial charge in [0.25, 0.3) is 0 Å². The van der Waals surface area contributed by atoms with E-state index < -0.39 is 0 Å². The van der Waals surface area contributed by atoms with Crippen molar-refractivity contribution >= 4 is 0 Å². The lowest BCUT2D eigenvalue weighted by atomic mass is 9.58. The molecule has 0 aromatic rings. The van der Waals surface area contributed by atoms with Crippen molar-refractivity contribution in [2.75, 3.05) is 40.1 Å². The van der Waals surface area contributed by atoms with E-state index in [9.17, 15) is 0 Å². The van der Waals surface area contributed by atoms with Crippen molar-refractivity contribution in [3.8, 4) is 0 Å². The van der Waals surface area contributed by atoms with Crippen LogP contribution in [0.4, 0.5) is 0 Å². The lowest BCUT2D eigenvalue weighted by molar-refractivity contribution is -0.148. The summed E-state index contributed by atoms with van der Waals surface area (Å²) in [5.74, 6) is 0. The minimum atomic E-state index is 0.325. The van der Waals surface area contributed by atoms with Crippen molar-refractivity contribution in [2.45, 2.75) is 58.6 Å². The summed E-state index contributed by atoms with van der Waals surface area (Å²) >= 11 is 0. The lowest BCUT2D eigenvalue weighted by Gasteiger charge is -2.55. The topological polar surface area (TPSA) is 39.7 Å². The summed E-state index contributed by atoms with van der Waals surface area (Å²) in [7, 11) is 1.72. The van der Waals surface area contributed by atoms with Crippen LogP contribution in [0, 0.1) is 5.41 Å². The van der Waals surface area contributed by atoms with E-state index in [-0.39, 0.29) is 0 Å². The Balaban J connectivity index is 2.20. The van der Waals surface area contributed by atoms with Crippen molar-refractivity contribution in [1.29, 1.82) is 0 Å². The first kappa shape index (κ1) is 17.9. The highest BCUT2D eigenvalue weighted by Gasteiger charge is 2.52. The van der Waals surface area contributed by atoms with Gasteiger partial charge >= 0.3 is 0 Å². The first-order valence-corrected chi connectivity index (χ1v) is 8.16. The van der Waals surface area contributed by atoms with Crippen LogP contribution in [-0.4, -0.2) is 52.2 Å². The van der Waals surface area contributed by atoms with E-state index in [0.717, 1.165) is 32.6 Å². The Hall–Kier alpha value is -0.160. The fourth-order valence-corrected chi connectivity index (χ4v) is 3.37. The average molecular weight is 287 g/mol. The van der Waals surface area contributed by atoms with Crippen molar-refractivity contribution in [3.05, 3.63) is 0 Å². The molecular weight excluding hydrogens is 254 g/mol. The molecule has 1 aliphatic rings. The standard InChI is InChI=1S/C16H33NO3/c1-5-16(6-2)14(17-7-3)13-15(16)20-12-11-19-10-8-9-18-4/h14-15,17H,5-13H2,1-4H3. The first-order valence-electron chi connectivity index (χ1n) is 8.16. The smallest absolute Gasteiger partial charge is 0.0704 e. The maximum Gasteiger partial charge on any atom is 0.0704 e. The van der Waals surface area contributed by atoms with Gasteiger partial charge in [-0.15, -0.1) is 0 Å². The van der Waals surface area contributed by atoms with Gasteiger partial charge in [0, 0.05) is 31.8 Å². The molecule has 1 rings (SSSR count). The van der Waals surface area contributed by atoms with Crippen LogP contribution >= 0.6 is 0 Å². The van der Waals surface area contributed by atoms with E-state index in [1.165, 1.54) is 12.8 Å². The van der Waals surface area contributed by atoms with Gasteiger partial charge < -0.3 is 19.5 Å². The highest BCUT2D eigenvalue weighted by Crippen LogP contribution is 2.48. The van der Waals surface area contributed by atoms with Gasteiger partial charge in [-0.25, -0.2) is 0 Å². The van der Waals surface area contributed by atoms with E-state index in [1.54, 1.807) is 7.11 Å². The molecule has 0 amide bonds. The monoisotopic (exact) mass is 287 g/mol. The van der Waals surface area contributed by atoms with Crippen LogP contribution in [0.15, 0.2) is 0 Å². The van der Waals surface area contributed by atoms with Crippen LogP contribution in [-0.2, 0) is 14.2 Å². The number of rotatable bonds is 12. The summed E-state index contributed by atoms with van der Waals surface area (Å²) in [6.45, 7) is 10.7. The summed E-state index contributed by atoms with van der Waals surface area (Å²) in [6.07, 6.45) is 4.85. The molecule has 2 unspecified atom stereocenters. The van der Waals surface area contributed by atoms with Crippen molar-refractivity contribution in [2.24, 2.45) is 5.41 Å². The Bertz CT molecular complexity index is 244. The van der Waals surface area contributed by atoms with Gasteiger partial charge in [0.15, 0.2) is 0 Å². The summed E-state index contributed by atoms with van der Waals surface area (Å²) in [5, 5.41) is 3.60. The molecule has 4 nitrogen and oxygen atoms in total. The summed E-state index contributed by atoms with van der Waals surface area (Å²) in [6, 6.07) is 0.620. The highest BCUT2D eigenvalue weighted by atomic mass is 16.5. The van der Waals surface area contributed by atoms with Gasteiger partial charge in [0.2, 0.25) is 0 Å². The molecule has 120 valence electrons. The van der Waals surface area contributed by atoms with Crippen molar-refractivity contribution in [3.63, 3.8) is 0 Å². The molecule has 0 aliphatic heterocycles. The Morgan fingerprint density at radius 2 is 1.80 bits per heavy atom. The van der Waals surface area contributed by atoms with Gasteiger partial charge in [-0.2, -0.15) is 0 Å². The molecule has 0 radical (unpaired) electrons. The molecule has 0 aromatic heterocycles. The van der Waals surface area contributed by atoms with Gasteiger partial charge in [-0.05, 0) is 32.2 Å². The van der Waals surface area contributed by atoms with Gasteiger partial charge in [-0.3, -0.25) is 0 Å². The Kier molecular flexibility index (Phi) is 8.69. The van der Waals surface area contributed by atoms with Crippen LogP contribution in [0.25, 0.3) is 0 Å². The Morgan fingerprint density at radius 1 is 1.05 bits per heavy atom. The van der Waals surface area contributed by atoms with Gasteiger partial charge in [0.1, 0.15) is 0 Å². The second-order valence-electron chi connectivity index (χ2n) is 5.60. The molecule has 4 heteroatoms. The summed E-state index contributed by atoms with van der Waals surface area (Å²) in [4.78, 5) is 0. The van der Waals surface area contributed by atoms with Crippen LogP contribution in [0.3, 0.4) is 0 Å². The Morgan fingerprint density at radius 3 is 2.40 bits per heavy atom. The number of nitrogens with one attached hydrogen (secondary N) is 1. The zero-order chi connectivity index (χ0) is 14.8. The third-order valence-corrected chi connectivity index (χ3v) is 4.74. The van der Waals surface area contributed by atoms with Crippen LogP contribution in [0.2, 0.25) is 0 Å². The molecule has 1 fully saturated rings. The van der Waals surface area contributed by atoms with E-state index in [1.807, 2.05) is 0 Å². The second kappa shape index (κ2) is 9.72. The zero-order valence-electron chi connectivity index (χ0n) is 13.7. The molecule has 2 atom stereocenters. The van der Waals surface area contributed by atoms with Crippen LogP contribution in [0.1, 0.15) is 46.5 Å². The largest absolute Gasteiger partial charge is 0.385 e. The third kappa shape index (κ3) is 4.42. The van der Waals surface area contributed by atoms with E-state index in [4.69, 9.17) is 14.2 Å². The van der Waals surface area contributed by atoms with Crippen molar-refractivity contribution in [1.82, 2.24) is 5.32 Å². The van der Waals surface area contributed by atoms with Crippen molar-refractivity contribution < 1.29 is 14.2 Å². The average Bonchev–Trinajstić information content (AvgIpc) is 2.45. The normalized spacial score (nSPS) is 24.6. The lowest BCUT2D eigenvalue weighted by Crippen LogP contribution is -2.63. The molecule has 0 saturated heterocycles. The van der Waals surface area contributed by atoms with Crippen LogP contribution < -0.4 is 5.32 Å². The van der Waals surface area contributed by atoms with Gasteiger partial charge in [-0.1, -0.05) is 20.8 Å². The second-order valence-corrected chi connectivity index (χ2v) is 5.60. The zero-order valence-corrected chi connectivity index (χ0v) is 13.7. The van der Waals surface area contributed by atoms with Gasteiger partial charge in [0.05, 0.1) is 19.3 Å². The highest BCUT2D eigenvalue weighted by molar-refractivity contribution is 5.06. The molecule has 20 heavy (non-hydrogen) atoms. The molecule has 1 aliphatic carbocycles. The number of hydrogen-bond donors (Lipinski definition) is 1. The Labute approximate surface area is 124 Å². The number of hydrogen-bond acceptors (Lipinski definition) is 4. The third-order valence-electron chi connectivity index (χ3n) is 4.74. The quantitative estimate of drug-likeness (QED) is 0.560. The molecule has 0 spiro atoms. The fourth-order valence-electron chi connectivity index (χ4n) is 3.37. The molecular formula is C16H33NO3. The minimum absolute atomic E-state index is 0.325. The predicted octanol–water partition coefficient (Wildman–Crippen LogP) is 2.61. The van der Waals surface area contributed by atoms with Crippen LogP contribution in [0.5, 0.6) is 0 Å². The molecule has 1 N–H and O–H groups in total. The van der Waals surface area contributed by atoms with E-state index in [2.05, 4.69) is 26.1 Å². The molecule has 1 saturated carbocycles. The fraction of sp³-hybridized carbons (Fsp3) is 1.00. The molecule has 0 aromatic carbocycles. The molecule has 0 heterocycles. The maximum absolute atomic E-state index is 6.06. The number of ether oxygens (including phenoxy) is 3. The summed E-state index contributed by atoms with van der Waals surface area (Å²) in [5.41, 5.74) is 0.325. The van der Waals surface area contributed by atoms with E-state index >= 15 is 0 Å². The number of methoxy groups -OCH3 is 1.